The molecule has 0 aromatic heterocycles. The molecule has 0 heterocycles. The minimum absolute atomic E-state index is 0.0319. The van der Waals surface area contributed by atoms with Gasteiger partial charge in [-0.15, -0.1) is 0 Å². The molecule has 0 aliphatic carbocycles. The summed E-state index contributed by atoms with van der Waals surface area (Å²) in [5, 5.41) is 0. The number of rotatable bonds is 4. The molecule has 3 nitrogen and oxygen atoms in total. The van der Waals surface area contributed by atoms with Crippen LogP contribution in [0.15, 0.2) is 36.1 Å². The Bertz CT molecular complexity index is 518. The van der Waals surface area contributed by atoms with Crippen LogP contribution in [0.2, 0.25) is 0 Å². The van der Waals surface area contributed by atoms with E-state index in [1.165, 1.54) is 13.0 Å². The number of hydrogen-bond acceptors (Lipinski definition) is 3. The van der Waals surface area contributed by atoms with Crippen LogP contribution in [0.3, 0.4) is 0 Å². The first kappa shape index (κ1) is 14.6. The lowest BCUT2D eigenvalue weighted by Gasteiger charge is -2.11. The number of alkyl halides is 3. The molecule has 0 unspecified atom stereocenters. The second-order valence-corrected chi connectivity index (χ2v) is 4.90. The minimum Gasteiger partial charge on any atom is -0.381 e. The van der Waals surface area contributed by atoms with Crippen molar-refractivity contribution in [3.8, 4) is 0 Å². The van der Waals surface area contributed by atoms with Crippen molar-refractivity contribution in [2.24, 2.45) is 0 Å². The molecule has 0 aliphatic heterocycles. The van der Waals surface area contributed by atoms with Crippen LogP contribution in [-0.4, -0.2) is 13.9 Å². The van der Waals surface area contributed by atoms with Crippen molar-refractivity contribution in [2.75, 3.05) is 0 Å². The van der Waals surface area contributed by atoms with Gasteiger partial charge in [0.2, 0.25) is 0 Å². The lowest BCUT2D eigenvalue weighted by Crippen LogP contribution is -2.25. The molecule has 0 aliphatic rings. The van der Waals surface area contributed by atoms with Crippen molar-refractivity contribution < 1.29 is 25.8 Å². The van der Waals surface area contributed by atoms with E-state index in [4.69, 9.17) is 0 Å². The first-order chi connectivity index (χ1) is 8.26. The molecular formula is C11H11F3O3S. The predicted molar refractivity (Wildman–Crippen MR) is 60.8 cm³/mol. The highest BCUT2D eigenvalue weighted by molar-refractivity contribution is 7.87. The Kier molecular flexibility index (Phi) is 4.39. The molecule has 0 saturated carbocycles. The van der Waals surface area contributed by atoms with Crippen molar-refractivity contribution in [1.82, 2.24) is 0 Å². The van der Waals surface area contributed by atoms with Crippen LogP contribution in [0.1, 0.15) is 18.9 Å². The zero-order valence-electron chi connectivity index (χ0n) is 9.44. The Morgan fingerprint density at radius 1 is 1.28 bits per heavy atom. The molecule has 0 N–H and O–H groups in total. The van der Waals surface area contributed by atoms with Gasteiger partial charge in [-0.1, -0.05) is 37.3 Å². The smallest absolute Gasteiger partial charge is 0.381 e. The van der Waals surface area contributed by atoms with Gasteiger partial charge in [0, 0.05) is 6.42 Å². The number of allylic oxidation sites excluding steroid dienone is 1. The van der Waals surface area contributed by atoms with Crippen molar-refractivity contribution in [3.05, 3.63) is 41.7 Å². The van der Waals surface area contributed by atoms with Crippen molar-refractivity contribution in [3.63, 3.8) is 0 Å². The SMILES string of the molecule is CC/C(=C/c1ccccc1)OS(=O)(=O)C(F)(F)F. The fourth-order valence-corrected chi connectivity index (χ4v) is 1.65. The fourth-order valence-electron chi connectivity index (χ4n) is 1.11. The van der Waals surface area contributed by atoms with Crippen molar-refractivity contribution >= 4 is 16.2 Å². The standard InChI is InChI=1S/C11H11F3O3S/c1-2-10(8-9-6-4-3-5-7-9)17-18(15,16)11(12,13)14/h3-8H,2H2,1H3/b10-8-. The van der Waals surface area contributed by atoms with E-state index in [-0.39, 0.29) is 12.2 Å². The van der Waals surface area contributed by atoms with E-state index in [2.05, 4.69) is 4.18 Å². The molecule has 18 heavy (non-hydrogen) atoms. The van der Waals surface area contributed by atoms with Gasteiger partial charge in [-0.25, -0.2) is 0 Å². The average molecular weight is 280 g/mol. The first-order valence-electron chi connectivity index (χ1n) is 5.02. The zero-order valence-corrected chi connectivity index (χ0v) is 10.3. The van der Waals surface area contributed by atoms with Gasteiger partial charge in [0.15, 0.2) is 0 Å². The molecule has 0 atom stereocenters. The fraction of sp³-hybridized carbons (Fsp3) is 0.273. The molecule has 0 spiro atoms. The van der Waals surface area contributed by atoms with Crippen LogP contribution in [0.4, 0.5) is 13.2 Å². The van der Waals surface area contributed by atoms with Crippen molar-refractivity contribution in [2.45, 2.75) is 18.9 Å². The molecule has 0 bridgehead atoms. The van der Waals surface area contributed by atoms with Gasteiger partial charge in [0.1, 0.15) is 5.76 Å². The summed E-state index contributed by atoms with van der Waals surface area (Å²) >= 11 is 0. The van der Waals surface area contributed by atoms with Gasteiger partial charge in [0.25, 0.3) is 0 Å². The Hall–Kier alpha value is -1.50. The Morgan fingerprint density at radius 3 is 2.28 bits per heavy atom. The highest BCUT2D eigenvalue weighted by atomic mass is 32.2. The summed E-state index contributed by atoms with van der Waals surface area (Å²) in [6, 6.07) is 8.34. The molecule has 100 valence electrons. The summed E-state index contributed by atoms with van der Waals surface area (Å²) in [5.74, 6) is -0.265. The summed E-state index contributed by atoms with van der Waals surface area (Å²) in [6.07, 6.45) is 1.29. The van der Waals surface area contributed by atoms with Gasteiger partial charge >= 0.3 is 15.6 Å². The topological polar surface area (TPSA) is 43.4 Å². The quantitative estimate of drug-likeness (QED) is 0.483. The van der Waals surface area contributed by atoms with Gasteiger partial charge in [0.05, 0.1) is 0 Å². The van der Waals surface area contributed by atoms with Crippen LogP contribution < -0.4 is 0 Å². The molecule has 0 saturated heterocycles. The van der Waals surface area contributed by atoms with E-state index >= 15 is 0 Å². The van der Waals surface area contributed by atoms with Gasteiger partial charge in [-0.2, -0.15) is 21.6 Å². The highest BCUT2D eigenvalue weighted by Crippen LogP contribution is 2.27. The van der Waals surface area contributed by atoms with Gasteiger partial charge in [-0.05, 0) is 11.6 Å². The zero-order chi connectivity index (χ0) is 13.8. The third-order valence-electron chi connectivity index (χ3n) is 1.98. The highest BCUT2D eigenvalue weighted by Gasteiger charge is 2.48. The summed E-state index contributed by atoms with van der Waals surface area (Å²) in [4.78, 5) is 0. The number of benzene rings is 1. The molecule has 1 aromatic carbocycles. The van der Waals surface area contributed by atoms with Gasteiger partial charge in [-0.3, -0.25) is 0 Å². The summed E-state index contributed by atoms with van der Waals surface area (Å²) < 4.78 is 62.1. The Morgan fingerprint density at radius 2 is 1.83 bits per heavy atom. The molecule has 0 radical (unpaired) electrons. The molecule has 7 heteroatoms. The maximum Gasteiger partial charge on any atom is 0.534 e. The van der Waals surface area contributed by atoms with Crippen molar-refractivity contribution in [1.29, 1.82) is 0 Å². The normalized spacial score (nSPS) is 13.4. The van der Waals surface area contributed by atoms with Crippen LogP contribution in [0, 0.1) is 0 Å². The second kappa shape index (κ2) is 5.43. The summed E-state index contributed by atoms with van der Waals surface area (Å²) in [7, 11) is -5.60. The van der Waals surface area contributed by atoms with E-state index in [0.29, 0.717) is 5.56 Å². The second-order valence-electron chi connectivity index (χ2n) is 3.36. The number of hydrogen-bond donors (Lipinski definition) is 0. The molecule has 1 aromatic rings. The lowest BCUT2D eigenvalue weighted by atomic mass is 10.2. The summed E-state index contributed by atoms with van der Waals surface area (Å²) in [6.45, 7) is 1.50. The van der Waals surface area contributed by atoms with Gasteiger partial charge < -0.3 is 4.18 Å². The van der Waals surface area contributed by atoms with Crippen LogP contribution in [-0.2, 0) is 14.3 Å². The predicted octanol–water partition coefficient (Wildman–Crippen LogP) is 3.30. The van der Waals surface area contributed by atoms with Crippen LogP contribution in [0.25, 0.3) is 6.08 Å². The molecular weight excluding hydrogens is 269 g/mol. The number of halogens is 3. The summed E-state index contributed by atoms with van der Waals surface area (Å²) in [5.41, 5.74) is -4.86. The first-order valence-corrected chi connectivity index (χ1v) is 6.43. The van der Waals surface area contributed by atoms with E-state index < -0.39 is 15.6 Å². The molecule has 0 amide bonds. The van der Waals surface area contributed by atoms with E-state index in [1.807, 2.05) is 0 Å². The minimum atomic E-state index is -5.60. The third-order valence-corrected chi connectivity index (χ3v) is 2.98. The third kappa shape index (κ3) is 3.76. The Balaban J connectivity index is 2.97. The monoisotopic (exact) mass is 280 g/mol. The lowest BCUT2D eigenvalue weighted by molar-refractivity contribution is -0.0522. The van der Waals surface area contributed by atoms with E-state index in [9.17, 15) is 21.6 Å². The van der Waals surface area contributed by atoms with Crippen LogP contribution in [0.5, 0.6) is 0 Å². The molecule has 1 rings (SSSR count). The maximum absolute atomic E-state index is 12.1. The van der Waals surface area contributed by atoms with E-state index in [0.717, 1.165) is 0 Å². The molecule has 0 fully saturated rings. The average Bonchev–Trinajstić information content (AvgIpc) is 2.27. The van der Waals surface area contributed by atoms with E-state index in [1.54, 1.807) is 30.3 Å². The van der Waals surface area contributed by atoms with Crippen LogP contribution >= 0.6 is 0 Å². The Labute approximate surface area is 103 Å². The largest absolute Gasteiger partial charge is 0.534 e. The maximum atomic E-state index is 12.1.